The first-order valence-electron chi connectivity index (χ1n) is 10.4. The van der Waals surface area contributed by atoms with Crippen molar-refractivity contribution in [3.05, 3.63) is 18.0 Å². The molecule has 26 heavy (non-hydrogen) atoms. The smallest absolute Gasteiger partial charge is 0.225 e. The number of nitrogens with zero attached hydrogens (tertiary/aromatic N) is 4. The first-order chi connectivity index (χ1) is 12.5. The molecule has 4 rings (SSSR count). The van der Waals surface area contributed by atoms with Crippen LogP contribution in [-0.2, 0) is 4.79 Å². The molecular formula is C21H32N4O. The number of carbonyl (C=O) groups is 1. The van der Waals surface area contributed by atoms with E-state index in [4.69, 9.17) is 9.97 Å². The Balaban J connectivity index is 1.39. The van der Waals surface area contributed by atoms with Crippen LogP contribution in [0, 0.1) is 11.8 Å². The highest BCUT2D eigenvalue weighted by atomic mass is 16.1. The SMILES string of the molecule is CC(C)C(=O)C1CCC(c2cnc(N3C4CCC3CN(C)C4)nc2)CC1. The lowest BCUT2D eigenvalue weighted by Gasteiger charge is -2.39. The molecule has 2 atom stereocenters. The largest absolute Gasteiger partial charge is 0.332 e. The predicted octanol–water partition coefficient (Wildman–Crippen LogP) is 3.26. The first-order valence-corrected chi connectivity index (χ1v) is 10.4. The minimum atomic E-state index is 0.165. The van der Waals surface area contributed by atoms with Gasteiger partial charge < -0.3 is 9.80 Å². The van der Waals surface area contributed by atoms with Crippen molar-refractivity contribution < 1.29 is 4.79 Å². The number of hydrogen-bond donors (Lipinski definition) is 0. The number of fused-ring (bicyclic) bond motifs is 2. The maximum Gasteiger partial charge on any atom is 0.225 e. The maximum atomic E-state index is 12.2. The van der Waals surface area contributed by atoms with E-state index in [9.17, 15) is 4.79 Å². The molecule has 0 aromatic carbocycles. The van der Waals surface area contributed by atoms with Gasteiger partial charge in [-0.15, -0.1) is 0 Å². The molecule has 2 bridgehead atoms. The Kier molecular flexibility index (Phi) is 5.00. The summed E-state index contributed by atoms with van der Waals surface area (Å²) in [6.07, 6.45) is 10.8. The van der Waals surface area contributed by atoms with Crippen LogP contribution in [0.25, 0.3) is 0 Å². The van der Waals surface area contributed by atoms with Crippen molar-refractivity contribution in [2.75, 3.05) is 25.0 Å². The van der Waals surface area contributed by atoms with Crippen LogP contribution in [0.5, 0.6) is 0 Å². The Morgan fingerprint density at radius 1 is 1.00 bits per heavy atom. The molecule has 3 heterocycles. The van der Waals surface area contributed by atoms with E-state index in [1.165, 1.54) is 18.4 Å². The fourth-order valence-electron chi connectivity index (χ4n) is 5.30. The molecule has 1 aromatic heterocycles. The van der Waals surface area contributed by atoms with Crippen molar-refractivity contribution in [3.63, 3.8) is 0 Å². The highest BCUT2D eigenvalue weighted by Crippen LogP contribution is 2.37. The summed E-state index contributed by atoms with van der Waals surface area (Å²) in [6, 6.07) is 1.14. The van der Waals surface area contributed by atoms with Crippen molar-refractivity contribution >= 4 is 11.7 Å². The van der Waals surface area contributed by atoms with Gasteiger partial charge in [0.05, 0.1) is 0 Å². The van der Waals surface area contributed by atoms with Crippen molar-refractivity contribution in [1.29, 1.82) is 0 Å². The number of likely N-dealkylation sites (tertiary alicyclic amines) is 1. The number of ketones is 1. The van der Waals surface area contributed by atoms with Gasteiger partial charge >= 0.3 is 0 Å². The first kappa shape index (κ1) is 17.9. The van der Waals surface area contributed by atoms with Crippen LogP contribution in [-0.4, -0.2) is 52.9 Å². The van der Waals surface area contributed by atoms with E-state index in [-0.39, 0.29) is 11.8 Å². The topological polar surface area (TPSA) is 49.3 Å². The second kappa shape index (κ2) is 7.26. The third-order valence-corrected chi connectivity index (χ3v) is 6.72. The number of carbonyl (C=O) groups excluding carboxylic acids is 1. The minimum Gasteiger partial charge on any atom is -0.332 e. The molecular weight excluding hydrogens is 324 g/mol. The summed E-state index contributed by atoms with van der Waals surface area (Å²) in [5.41, 5.74) is 1.26. The van der Waals surface area contributed by atoms with Crippen LogP contribution >= 0.6 is 0 Å². The minimum absolute atomic E-state index is 0.165. The van der Waals surface area contributed by atoms with Gasteiger partial charge in [0, 0.05) is 49.4 Å². The lowest BCUT2D eigenvalue weighted by atomic mass is 9.76. The molecule has 5 nitrogen and oxygen atoms in total. The van der Waals surface area contributed by atoms with Crippen molar-refractivity contribution in [3.8, 4) is 0 Å². The van der Waals surface area contributed by atoms with E-state index >= 15 is 0 Å². The molecule has 1 aliphatic carbocycles. The fraction of sp³-hybridized carbons (Fsp3) is 0.762. The van der Waals surface area contributed by atoms with Crippen molar-refractivity contribution in [2.24, 2.45) is 11.8 Å². The summed E-state index contributed by atoms with van der Waals surface area (Å²) < 4.78 is 0. The molecule has 1 saturated carbocycles. The Labute approximate surface area is 157 Å². The Hall–Kier alpha value is -1.49. The van der Waals surface area contributed by atoms with E-state index in [0.717, 1.165) is 44.7 Å². The van der Waals surface area contributed by atoms with Gasteiger partial charge in [0.2, 0.25) is 5.95 Å². The van der Waals surface area contributed by atoms with Gasteiger partial charge in [0.15, 0.2) is 0 Å². The molecule has 2 aliphatic heterocycles. The number of rotatable bonds is 4. The quantitative estimate of drug-likeness (QED) is 0.829. The average molecular weight is 357 g/mol. The molecule has 0 N–H and O–H groups in total. The fourth-order valence-corrected chi connectivity index (χ4v) is 5.30. The van der Waals surface area contributed by atoms with E-state index in [1.54, 1.807) is 0 Å². The molecule has 1 aromatic rings. The maximum absolute atomic E-state index is 12.2. The van der Waals surface area contributed by atoms with Gasteiger partial charge in [-0.05, 0) is 57.1 Å². The summed E-state index contributed by atoms with van der Waals surface area (Å²) >= 11 is 0. The zero-order chi connectivity index (χ0) is 18.3. The highest BCUT2D eigenvalue weighted by molar-refractivity contribution is 5.82. The van der Waals surface area contributed by atoms with Crippen LogP contribution in [0.2, 0.25) is 0 Å². The summed E-state index contributed by atoms with van der Waals surface area (Å²) in [6.45, 7) is 6.28. The molecule has 3 aliphatic rings. The number of hydrogen-bond acceptors (Lipinski definition) is 5. The average Bonchev–Trinajstić information content (AvgIpc) is 2.92. The molecule has 0 amide bonds. The second-order valence-corrected chi connectivity index (χ2v) is 8.94. The normalized spacial score (nSPS) is 32.2. The van der Waals surface area contributed by atoms with Gasteiger partial charge in [-0.1, -0.05) is 13.8 Å². The van der Waals surface area contributed by atoms with E-state index in [1.807, 2.05) is 13.8 Å². The van der Waals surface area contributed by atoms with Gasteiger partial charge in [-0.25, -0.2) is 9.97 Å². The molecule has 0 spiro atoms. The zero-order valence-electron chi connectivity index (χ0n) is 16.4. The van der Waals surface area contributed by atoms with Crippen molar-refractivity contribution in [2.45, 2.75) is 70.4 Å². The molecule has 5 heteroatoms. The lowest BCUT2D eigenvalue weighted by Crippen LogP contribution is -2.53. The predicted molar refractivity (Wildman–Crippen MR) is 103 cm³/mol. The highest BCUT2D eigenvalue weighted by Gasteiger charge is 2.40. The zero-order valence-corrected chi connectivity index (χ0v) is 16.4. The van der Waals surface area contributed by atoms with E-state index in [2.05, 4.69) is 29.2 Å². The van der Waals surface area contributed by atoms with Crippen LogP contribution in [0.3, 0.4) is 0 Å². The van der Waals surface area contributed by atoms with Crippen LogP contribution in [0.4, 0.5) is 5.95 Å². The molecule has 2 unspecified atom stereocenters. The number of piperazine rings is 1. The van der Waals surface area contributed by atoms with Crippen molar-refractivity contribution in [1.82, 2.24) is 14.9 Å². The number of Topliss-reactive ketones (excluding diaryl/α,β-unsaturated/α-hetero) is 1. The van der Waals surface area contributed by atoms with Crippen LogP contribution < -0.4 is 4.90 Å². The third kappa shape index (κ3) is 3.38. The summed E-state index contributed by atoms with van der Waals surface area (Å²) in [7, 11) is 2.22. The van der Waals surface area contributed by atoms with Gasteiger partial charge in [0.1, 0.15) is 5.78 Å². The molecule has 3 fully saturated rings. The molecule has 2 saturated heterocycles. The van der Waals surface area contributed by atoms with Gasteiger partial charge in [-0.3, -0.25) is 4.79 Å². The van der Waals surface area contributed by atoms with Crippen LogP contribution in [0.15, 0.2) is 12.4 Å². The standard InChI is InChI=1S/C21H32N4O/c1-14(2)20(26)16-6-4-15(5-7-16)17-10-22-21(23-11-17)25-18-8-9-19(25)13-24(3)12-18/h10-11,14-16,18-19H,4-9,12-13H2,1-3H3. The number of likely N-dealkylation sites (N-methyl/N-ethyl adjacent to an activating group) is 1. The Morgan fingerprint density at radius 2 is 1.58 bits per heavy atom. The Bertz CT molecular complexity index is 622. The van der Waals surface area contributed by atoms with Crippen LogP contribution in [0.1, 0.15) is 63.9 Å². The number of aromatic nitrogens is 2. The Morgan fingerprint density at radius 3 is 2.12 bits per heavy atom. The monoisotopic (exact) mass is 356 g/mol. The summed E-state index contributed by atoms with van der Waals surface area (Å²) in [5.74, 6) is 2.31. The van der Waals surface area contributed by atoms with E-state index in [0.29, 0.717) is 23.8 Å². The van der Waals surface area contributed by atoms with E-state index < -0.39 is 0 Å². The second-order valence-electron chi connectivity index (χ2n) is 8.94. The molecule has 142 valence electrons. The van der Waals surface area contributed by atoms with Gasteiger partial charge in [0.25, 0.3) is 0 Å². The number of anilines is 1. The van der Waals surface area contributed by atoms with Gasteiger partial charge in [-0.2, -0.15) is 0 Å². The summed E-state index contributed by atoms with van der Waals surface area (Å²) in [4.78, 5) is 26.6. The molecule has 0 radical (unpaired) electrons. The third-order valence-electron chi connectivity index (χ3n) is 6.72. The summed E-state index contributed by atoms with van der Waals surface area (Å²) in [5, 5.41) is 0. The lowest BCUT2D eigenvalue weighted by molar-refractivity contribution is -0.126.